The molecule has 3 aromatic heterocycles. The van der Waals surface area contributed by atoms with Crippen LogP contribution >= 0.6 is 11.3 Å². The third-order valence-corrected chi connectivity index (χ3v) is 6.22. The molecule has 1 unspecified atom stereocenters. The Kier molecular flexibility index (Phi) is 21.1. The monoisotopic (exact) mass is 562 g/mol. The highest BCUT2D eigenvalue weighted by molar-refractivity contribution is 7.14. The van der Waals surface area contributed by atoms with Gasteiger partial charge in [-0.05, 0) is 44.2 Å². The molecule has 3 heterocycles. The van der Waals surface area contributed by atoms with E-state index in [-0.39, 0.29) is 5.91 Å². The van der Waals surface area contributed by atoms with E-state index in [2.05, 4.69) is 41.4 Å². The normalized spacial score (nSPS) is 10.4. The van der Waals surface area contributed by atoms with Gasteiger partial charge in [0.1, 0.15) is 5.69 Å². The summed E-state index contributed by atoms with van der Waals surface area (Å²) in [6.45, 7) is 11.5. The standard InChI is InChI=1S/C10H9N3OS.C9H20.C8H12BN2O.CH2F2/c1-7-3-2-4-8(12-7)9-5-15-10(13-9)11-6-14;1-4-6-7-8-9(3)5-2;1-3-10-8(12)7-4-5-11(6-7)9-2;2-1-3/h2-6H,1H3,(H,11,13,14);9H,4-8H2,1-3H3;4-6H,3H2,1-2H3,(H,10,12);1H2. The zero-order valence-corrected chi connectivity index (χ0v) is 24.9. The fraction of sp³-hybridized carbons (Fsp3) is 0.500. The van der Waals surface area contributed by atoms with E-state index in [0.717, 1.165) is 23.0 Å². The lowest BCUT2D eigenvalue weighted by atomic mass is 10.0. The smallest absolute Gasteiger partial charge is 0.252 e. The SMILES string of the molecule is CCCCCC(C)CC.C[B]n1ccc(C(=O)NCC)c1.Cc1cccc(-c2csc(NC=O)n2)n1.FCF. The Hall–Kier alpha value is -3.08. The molecule has 1 radical (unpaired) electrons. The summed E-state index contributed by atoms with van der Waals surface area (Å²) in [4.78, 5) is 30.0. The maximum atomic E-state index is 11.2. The molecule has 0 bridgehead atoms. The van der Waals surface area contributed by atoms with E-state index in [1.807, 2.05) is 62.3 Å². The van der Waals surface area contributed by atoms with Gasteiger partial charge in [0.15, 0.2) is 5.13 Å². The van der Waals surface area contributed by atoms with E-state index in [1.165, 1.54) is 43.4 Å². The zero-order chi connectivity index (χ0) is 29.5. The van der Waals surface area contributed by atoms with E-state index in [4.69, 9.17) is 0 Å². The lowest BCUT2D eigenvalue weighted by Crippen LogP contribution is -2.22. The van der Waals surface area contributed by atoms with Crippen molar-refractivity contribution >= 4 is 36.2 Å². The van der Waals surface area contributed by atoms with Crippen molar-refractivity contribution in [3.05, 3.63) is 53.3 Å². The molecular weight excluding hydrogens is 519 g/mol. The van der Waals surface area contributed by atoms with Gasteiger partial charge in [0.05, 0.1) is 11.3 Å². The Morgan fingerprint density at radius 3 is 2.41 bits per heavy atom. The number of carbonyl (C=O) groups excluding carboxylic acids is 2. The Bertz CT molecular complexity index is 1050. The first-order valence-corrected chi connectivity index (χ1v) is 14.1. The molecule has 0 saturated carbocycles. The number of nitrogens with one attached hydrogen (secondary N) is 2. The van der Waals surface area contributed by atoms with Gasteiger partial charge in [0, 0.05) is 23.8 Å². The van der Waals surface area contributed by atoms with Crippen molar-refractivity contribution in [1.82, 2.24) is 19.8 Å². The van der Waals surface area contributed by atoms with Crippen LogP contribution in [0.5, 0.6) is 0 Å². The predicted octanol–water partition coefficient (Wildman–Crippen LogP) is 7.33. The summed E-state index contributed by atoms with van der Waals surface area (Å²) in [5.74, 6) is 0.939. The second kappa shape index (κ2) is 22.9. The van der Waals surface area contributed by atoms with Crippen LogP contribution in [0.4, 0.5) is 13.9 Å². The second-order valence-corrected chi connectivity index (χ2v) is 9.40. The lowest BCUT2D eigenvalue weighted by molar-refractivity contribution is -0.105. The Balaban J connectivity index is 0.000000545. The first kappa shape index (κ1) is 35.9. The number of amides is 2. The van der Waals surface area contributed by atoms with Crippen molar-refractivity contribution in [1.29, 1.82) is 0 Å². The third-order valence-electron chi connectivity index (χ3n) is 5.45. The van der Waals surface area contributed by atoms with Crippen molar-refractivity contribution in [3.8, 4) is 11.4 Å². The van der Waals surface area contributed by atoms with Crippen LogP contribution in [0.15, 0.2) is 42.0 Å². The molecule has 11 heteroatoms. The fourth-order valence-corrected chi connectivity index (χ4v) is 3.78. The molecule has 0 aliphatic heterocycles. The van der Waals surface area contributed by atoms with Crippen molar-refractivity contribution in [2.24, 2.45) is 5.92 Å². The van der Waals surface area contributed by atoms with Crippen LogP contribution in [-0.2, 0) is 4.79 Å². The van der Waals surface area contributed by atoms with Crippen LogP contribution in [0.1, 0.15) is 75.9 Å². The average Bonchev–Trinajstić information content (AvgIpc) is 3.61. The minimum Gasteiger partial charge on any atom is -0.402 e. The summed E-state index contributed by atoms with van der Waals surface area (Å²) < 4.78 is 21.1. The van der Waals surface area contributed by atoms with E-state index in [9.17, 15) is 18.4 Å². The molecule has 3 aromatic rings. The summed E-state index contributed by atoms with van der Waals surface area (Å²) in [6, 6.07) is 7.56. The second-order valence-electron chi connectivity index (χ2n) is 8.54. The van der Waals surface area contributed by atoms with E-state index >= 15 is 0 Å². The Labute approximate surface area is 237 Å². The highest BCUT2D eigenvalue weighted by Crippen LogP contribution is 2.23. The highest BCUT2D eigenvalue weighted by Gasteiger charge is 2.05. The van der Waals surface area contributed by atoms with Crippen LogP contribution in [-0.4, -0.2) is 47.7 Å². The maximum absolute atomic E-state index is 11.2. The summed E-state index contributed by atoms with van der Waals surface area (Å²) in [6.07, 6.45) is 11.3. The summed E-state index contributed by atoms with van der Waals surface area (Å²) >= 11 is 1.38. The van der Waals surface area contributed by atoms with Crippen molar-refractivity contribution < 1.29 is 18.4 Å². The molecule has 0 aliphatic rings. The number of thiazole rings is 1. The van der Waals surface area contributed by atoms with Gasteiger partial charge in [-0.25, -0.2) is 13.8 Å². The fourth-order valence-electron chi connectivity index (χ4n) is 3.11. The highest BCUT2D eigenvalue weighted by atomic mass is 32.1. The van der Waals surface area contributed by atoms with Crippen molar-refractivity contribution in [2.75, 3.05) is 18.8 Å². The molecule has 2 N–H and O–H groups in total. The van der Waals surface area contributed by atoms with Gasteiger partial charge in [-0.2, -0.15) is 0 Å². The molecule has 7 nitrogen and oxygen atoms in total. The molecule has 0 fully saturated rings. The van der Waals surface area contributed by atoms with Gasteiger partial charge < -0.3 is 15.1 Å². The van der Waals surface area contributed by atoms with E-state index < -0.39 is 6.93 Å². The molecule has 0 aromatic carbocycles. The molecular formula is C28H43BF2N5O2S. The number of hydrogen-bond donors (Lipinski definition) is 2. The minimum absolute atomic E-state index is 0.0156. The number of halogens is 2. The lowest BCUT2D eigenvalue weighted by Gasteiger charge is -2.05. The number of alkyl halides is 2. The average molecular weight is 563 g/mol. The number of anilines is 1. The molecule has 2 amide bonds. The molecule has 0 spiro atoms. The van der Waals surface area contributed by atoms with Crippen LogP contribution in [0.3, 0.4) is 0 Å². The predicted molar refractivity (Wildman–Crippen MR) is 160 cm³/mol. The Morgan fingerprint density at radius 2 is 1.87 bits per heavy atom. The number of hydrogen-bond acceptors (Lipinski definition) is 5. The number of aryl methyl sites for hydroxylation is 1. The maximum Gasteiger partial charge on any atom is 0.252 e. The molecule has 0 aliphatic carbocycles. The number of carbonyl (C=O) groups is 2. The van der Waals surface area contributed by atoms with Crippen LogP contribution in [0.25, 0.3) is 11.4 Å². The van der Waals surface area contributed by atoms with Crippen LogP contribution in [0.2, 0.25) is 6.82 Å². The summed E-state index contributed by atoms with van der Waals surface area (Å²) in [7, 11) is 1.89. The zero-order valence-electron chi connectivity index (χ0n) is 24.0. The van der Waals surface area contributed by atoms with E-state index in [0.29, 0.717) is 23.6 Å². The largest absolute Gasteiger partial charge is 0.402 e. The van der Waals surface area contributed by atoms with Crippen LogP contribution in [0, 0.1) is 12.8 Å². The molecule has 3 rings (SSSR count). The molecule has 39 heavy (non-hydrogen) atoms. The first-order chi connectivity index (χ1) is 18.8. The Morgan fingerprint density at radius 1 is 1.15 bits per heavy atom. The topological polar surface area (TPSA) is 88.9 Å². The van der Waals surface area contributed by atoms with Gasteiger partial charge in [-0.15, -0.1) is 11.3 Å². The minimum atomic E-state index is -1.75. The first-order valence-electron chi connectivity index (χ1n) is 13.3. The van der Waals surface area contributed by atoms with Crippen molar-refractivity contribution in [3.63, 3.8) is 0 Å². The summed E-state index contributed by atoms with van der Waals surface area (Å²) in [5, 5.41) is 7.70. The number of nitrogens with zero attached hydrogens (tertiary/aromatic N) is 3. The van der Waals surface area contributed by atoms with Gasteiger partial charge in [-0.1, -0.05) is 65.8 Å². The number of unbranched alkanes of at least 4 members (excludes halogenated alkanes) is 2. The van der Waals surface area contributed by atoms with Gasteiger partial charge in [0.25, 0.3) is 5.91 Å². The molecule has 215 valence electrons. The third kappa shape index (κ3) is 16.5. The number of aromatic nitrogens is 3. The molecule has 0 saturated heterocycles. The van der Waals surface area contributed by atoms with Gasteiger partial charge in [-0.3, -0.25) is 14.6 Å². The number of pyridine rings is 1. The molecule has 1 atom stereocenters. The van der Waals surface area contributed by atoms with Gasteiger partial charge in [0.2, 0.25) is 20.8 Å². The number of rotatable bonds is 11. The van der Waals surface area contributed by atoms with Crippen molar-refractivity contribution in [2.45, 2.75) is 73.5 Å². The van der Waals surface area contributed by atoms with Crippen LogP contribution < -0.4 is 10.6 Å². The van der Waals surface area contributed by atoms with E-state index in [1.54, 1.807) is 12.3 Å². The quantitative estimate of drug-likeness (QED) is 0.146. The summed E-state index contributed by atoms with van der Waals surface area (Å²) in [5.41, 5.74) is 3.26. The van der Waals surface area contributed by atoms with Gasteiger partial charge >= 0.3 is 0 Å².